The van der Waals surface area contributed by atoms with Crippen LogP contribution < -0.4 is 4.90 Å². The van der Waals surface area contributed by atoms with Crippen molar-refractivity contribution in [2.24, 2.45) is 5.92 Å². The summed E-state index contributed by atoms with van der Waals surface area (Å²) in [5, 5.41) is 9.43. The summed E-state index contributed by atoms with van der Waals surface area (Å²) in [7, 11) is 0. The molecular formula is C23H30FN5O2S. The SMILES string of the molecule is O=C(CSc1nnc(N2CCOCC2)n1-c1cccc(F)c1)N1CCC[C@H]2CCCC[C@H]21. The van der Waals surface area contributed by atoms with E-state index in [0.29, 0.717) is 60.8 Å². The normalized spacial score (nSPS) is 23.8. The van der Waals surface area contributed by atoms with Crippen molar-refractivity contribution in [1.82, 2.24) is 19.7 Å². The van der Waals surface area contributed by atoms with Gasteiger partial charge in [0.15, 0.2) is 5.16 Å². The largest absolute Gasteiger partial charge is 0.378 e. The average molecular weight is 460 g/mol. The second-order valence-corrected chi connectivity index (χ2v) is 9.77. The van der Waals surface area contributed by atoms with Crippen LogP contribution >= 0.6 is 11.8 Å². The highest BCUT2D eigenvalue weighted by atomic mass is 32.2. The third-order valence-electron chi connectivity index (χ3n) is 6.86. The average Bonchev–Trinajstić information content (AvgIpc) is 3.27. The molecule has 0 radical (unpaired) electrons. The predicted octanol–water partition coefficient (Wildman–Crippen LogP) is 3.52. The molecule has 1 amide bonds. The van der Waals surface area contributed by atoms with E-state index in [1.807, 2.05) is 10.6 Å². The van der Waals surface area contributed by atoms with Gasteiger partial charge in [-0.05, 0) is 49.8 Å². The molecule has 1 aliphatic carbocycles. The van der Waals surface area contributed by atoms with E-state index in [9.17, 15) is 9.18 Å². The number of nitrogens with zero attached hydrogens (tertiary/aromatic N) is 5. The van der Waals surface area contributed by atoms with Gasteiger partial charge in [-0.2, -0.15) is 0 Å². The molecule has 1 aromatic carbocycles. The van der Waals surface area contributed by atoms with Crippen molar-refractivity contribution in [3.05, 3.63) is 30.1 Å². The fourth-order valence-electron chi connectivity index (χ4n) is 5.31. The summed E-state index contributed by atoms with van der Waals surface area (Å²) in [4.78, 5) is 17.4. The summed E-state index contributed by atoms with van der Waals surface area (Å²) >= 11 is 1.39. The summed E-state index contributed by atoms with van der Waals surface area (Å²) in [6.45, 7) is 3.50. The van der Waals surface area contributed by atoms with Gasteiger partial charge in [0.25, 0.3) is 0 Å². The number of thioether (sulfide) groups is 1. The molecule has 1 saturated carbocycles. The molecule has 1 aromatic heterocycles. The molecule has 2 aromatic rings. The number of anilines is 1. The number of rotatable bonds is 5. The van der Waals surface area contributed by atoms with Crippen molar-refractivity contribution in [2.45, 2.75) is 49.7 Å². The van der Waals surface area contributed by atoms with E-state index >= 15 is 0 Å². The van der Waals surface area contributed by atoms with E-state index in [-0.39, 0.29) is 11.7 Å². The van der Waals surface area contributed by atoms with Crippen molar-refractivity contribution in [1.29, 1.82) is 0 Å². The molecule has 0 spiro atoms. The Morgan fingerprint density at radius 3 is 2.75 bits per heavy atom. The number of carbonyl (C=O) groups is 1. The molecule has 32 heavy (non-hydrogen) atoms. The molecule has 2 saturated heterocycles. The van der Waals surface area contributed by atoms with Crippen molar-refractivity contribution >= 4 is 23.6 Å². The van der Waals surface area contributed by atoms with E-state index in [4.69, 9.17) is 4.74 Å². The molecule has 2 aliphatic heterocycles. The van der Waals surface area contributed by atoms with Crippen LogP contribution in [0.5, 0.6) is 0 Å². The fraction of sp³-hybridized carbons (Fsp3) is 0.609. The van der Waals surface area contributed by atoms with Gasteiger partial charge >= 0.3 is 0 Å². The lowest BCUT2D eigenvalue weighted by atomic mass is 9.78. The number of morpholine rings is 1. The first kappa shape index (κ1) is 21.7. The van der Waals surface area contributed by atoms with Gasteiger partial charge in [0.1, 0.15) is 5.82 Å². The van der Waals surface area contributed by atoms with Gasteiger partial charge in [-0.15, -0.1) is 10.2 Å². The number of hydrogen-bond donors (Lipinski definition) is 0. The molecular weight excluding hydrogens is 429 g/mol. The molecule has 3 heterocycles. The molecule has 5 rings (SSSR count). The molecule has 172 valence electrons. The van der Waals surface area contributed by atoms with Crippen LogP contribution in [0, 0.1) is 11.7 Å². The number of likely N-dealkylation sites (tertiary alicyclic amines) is 1. The van der Waals surface area contributed by atoms with Crippen LogP contribution in [0.2, 0.25) is 0 Å². The van der Waals surface area contributed by atoms with Gasteiger partial charge in [0.05, 0.1) is 24.7 Å². The maximum absolute atomic E-state index is 14.0. The van der Waals surface area contributed by atoms with Gasteiger partial charge in [-0.1, -0.05) is 30.7 Å². The van der Waals surface area contributed by atoms with E-state index in [1.165, 1.54) is 49.6 Å². The Morgan fingerprint density at radius 2 is 1.91 bits per heavy atom. The molecule has 7 nitrogen and oxygen atoms in total. The van der Waals surface area contributed by atoms with Gasteiger partial charge in [-0.25, -0.2) is 4.39 Å². The zero-order valence-electron chi connectivity index (χ0n) is 18.3. The molecule has 0 bridgehead atoms. The maximum Gasteiger partial charge on any atom is 0.233 e. The van der Waals surface area contributed by atoms with Gasteiger partial charge in [0, 0.05) is 25.7 Å². The summed E-state index contributed by atoms with van der Waals surface area (Å²) in [5.74, 6) is 1.51. The van der Waals surface area contributed by atoms with E-state index in [0.717, 1.165) is 19.4 Å². The number of benzene rings is 1. The van der Waals surface area contributed by atoms with Crippen LogP contribution in [-0.4, -0.2) is 70.2 Å². The zero-order valence-corrected chi connectivity index (χ0v) is 19.1. The van der Waals surface area contributed by atoms with Crippen molar-refractivity contribution in [2.75, 3.05) is 43.5 Å². The van der Waals surface area contributed by atoms with Crippen LogP contribution in [0.4, 0.5) is 10.3 Å². The van der Waals surface area contributed by atoms with Crippen LogP contribution in [0.15, 0.2) is 29.4 Å². The van der Waals surface area contributed by atoms with Crippen molar-refractivity contribution in [3.8, 4) is 5.69 Å². The topological polar surface area (TPSA) is 63.5 Å². The second-order valence-electron chi connectivity index (χ2n) is 8.83. The maximum atomic E-state index is 14.0. The molecule has 0 N–H and O–H groups in total. The summed E-state index contributed by atoms with van der Waals surface area (Å²) in [6.07, 6.45) is 7.23. The number of ether oxygens (including phenoxy) is 1. The summed E-state index contributed by atoms with van der Waals surface area (Å²) in [6, 6.07) is 6.84. The van der Waals surface area contributed by atoms with Crippen molar-refractivity contribution in [3.63, 3.8) is 0 Å². The van der Waals surface area contributed by atoms with E-state index in [2.05, 4.69) is 20.0 Å². The first-order valence-electron chi connectivity index (χ1n) is 11.7. The standard InChI is InChI=1S/C23H30FN5O2S/c24-18-7-3-8-19(15-18)29-22(27-11-13-31-14-12-27)25-26-23(29)32-16-21(30)28-10-4-6-17-5-1-2-9-20(17)28/h3,7-8,15,17,20H,1-2,4-6,9-14,16H2/t17-,20-/m1/s1. The Bertz CT molecular complexity index is 946. The number of carbonyl (C=O) groups excluding carboxylic acids is 1. The van der Waals surface area contributed by atoms with Crippen LogP contribution in [0.1, 0.15) is 38.5 Å². The van der Waals surface area contributed by atoms with Gasteiger partial charge in [-0.3, -0.25) is 9.36 Å². The highest BCUT2D eigenvalue weighted by molar-refractivity contribution is 7.99. The lowest BCUT2D eigenvalue weighted by molar-refractivity contribution is -0.134. The van der Waals surface area contributed by atoms with E-state index in [1.54, 1.807) is 6.07 Å². The Kier molecular flexibility index (Phi) is 6.64. The lowest BCUT2D eigenvalue weighted by Crippen LogP contribution is -2.50. The molecule has 3 fully saturated rings. The van der Waals surface area contributed by atoms with Crippen LogP contribution in [0.3, 0.4) is 0 Å². The molecule has 3 aliphatic rings. The number of piperidine rings is 1. The quantitative estimate of drug-likeness (QED) is 0.638. The highest BCUT2D eigenvalue weighted by Gasteiger charge is 2.35. The first-order chi connectivity index (χ1) is 15.7. The monoisotopic (exact) mass is 459 g/mol. The molecule has 9 heteroatoms. The molecule has 0 unspecified atom stereocenters. The Labute approximate surface area is 192 Å². The Morgan fingerprint density at radius 1 is 1.09 bits per heavy atom. The number of amides is 1. The first-order valence-corrected chi connectivity index (χ1v) is 12.7. The third kappa shape index (κ3) is 4.50. The van der Waals surface area contributed by atoms with Gasteiger partial charge < -0.3 is 14.5 Å². The predicted molar refractivity (Wildman–Crippen MR) is 122 cm³/mol. The van der Waals surface area contributed by atoms with Crippen LogP contribution in [0.25, 0.3) is 5.69 Å². The molecule has 2 atom stereocenters. The number of hydrogen-bond acceptors (Lipinski definition) is 6. The van der Waals surface area contributed by atoms with Gasteiger partial charge in [0.2, 0.25) is 11.9 Å². The number of aromatic nitrogens is 3. The smallest absolute Gasteiger partial charge is 0.233 e. The highest BCUT2D eigenvalue weighted by Crippen LogP contribution is 2.36. The number of fused-ring (bicyclic) bond motifs is 1. The fourth-order valence-corrected chi connectivity index (χ4v) is 6.14. The summed E-state index contributed by atoms with van der Waals surface area (Å²) in [5.41, 5.74) is 0.664. The minimum atomic E-state index is -0.312. The third-order valence-corrected chi connectivity index (χ3v) is 7.78. The zero-order chi connectivity index (χ0) is 21.9. The Hall–Kier alpha value is -2.13. The number of halogens is 1. The lowest BCUT2D eigenvalue weighted by Gasteiger charge is -2.44. The second kappa shape index (κ2) is 9.79. The minimum absolute atomic E-state index is 0.174. The minimum Gasteiger partial charge on any atom is -0.378 e. The summed E-state index contributed by atoms with van der Waals surface area (Å²) < 4.78 is 21.4. The van der Waals surface area contributed by atoms with E-state index < -0.39 is 0 Å². The van der Waals surface area contributed by atoms with Crippen LogP contribution in [-0.2, 0) is 9.53 Å². The van der Waals surface area contributed by atoms with Crippen molar-refractivity contribution < 1.29 is 13.9 Å². The Balaban J connectivity index is 1.36.